The number of rotatable bonds is 4. The van der Waals surface area contributed by atoms with Gasteiger partial charge in [0.2, 0.25) is 0 Å². The molecule has 0 unspecified atom stereocenters. The van der Waals surface area contributed by atoms with Gasteiger partial charge in [0.1, 0.15) is 0 Å². The highest BCUT2D eigenvalue weighted by molar-refractivity contribution is 5.39. The minimum atomic E-state index is 0.735. The number of benzene rings is 1. The molecule has 1 atom stereocenters. The molecule has 0 saturated carbocycles. The third-order valence-electron chi connectivity index (χ3n) is 3.24. The number of anilines is 1. The van der Waals surface area contributed by atoms with Crippen LogP contribution in [0.1, 0.15) is 25.8 Å². The Kier molecular flexibility index (Phi) is 3.49. The van der Waals surface area contributed by atoms with E-state index in [1.165, 1.54) is 24.4 Å². The summed E-state index contributed by atoms with van der Waals surface area (Å²) in [5.41, 5.74) is 7.94. The molecule has 0 bridgehead atoms. The molecule has 2 rings (SSSR count). The van der Waals surface area contributed by atoms with Crippen LogP contribution >= 0.6 is 0 Å². The van der Waals surface area contributed by atoms with Crippen LogP contribution in [0.25, 0.3) is 0 Å². The van der Waals surface area contributed by atoms with Gasteiger partial charge in [0.25, 0.3) is 0 Å². The second-order valence-electron chi connectivity index (χ2n) is 5.07. The quantitative estimate of drug-likeness (QED) is 0.785. The lowest BCUT2D eigenvalue weighted by molar-refractivity contribution is 0.0969. The van der Waals surface area contributed by atoms with Crippen LogP contribution < -0.4 is 5.73 Å². The van der Waals surface area contributed by atoms with E-state index in [-0.39, 0.29) is 0 Å². The van der Waals surface area contributed by atoms with Gasteiger partial charge in [-0.25, -0.2) is 0 Å². The highest BCUT2D eigenvalue weighted by Gasteiger charge is 2.27. The number of likely N-dealkylation sites (tertiary alicyclic amines) is 1. The average Bonchev–Trinajstić information content (AvgIpc) is 2.23. The van der Waals surface area contributed by atoms with Crippen LogP contribution in [0.4, 0.5) is 5.69 Å². The predicted molar refractivity (Wildman–Crippen MR) is 69.1 cm³/mol. The van der Waals surface area contributed by atoms with Crippen molar-refractivity contribution in [1.82, 2.24) is 4.90 Å². The molecular weight excluding hydrogens is 196 g/mol. The van der Waals surface area contributed by atoms with Crippen molar-refractivity contribution >= 4 is 5.69 Å². The standard InChI is InChI=1S/C14H21N2/c1-11(2)10-16-8-7-14(16)9-12-3-5-13(15)6-4-12/h3-6,14H,7-10,15H2,1-2H3/t14-/m1/s1. The molecule has 0 amide bonds. The molecule has 1 heterocycles. The zero-order valence-corrected chi connectivity index (χ0v) is 10.2. The monoisotopic (exact) mass is 217 g/mol. The van der Waals surface area contributed by atoms with Gasteiger partial charge >= 0.3 is 0 Å². The van der Waals surface area contributed by atoms with Gasteiger partial charge in [0.15, 0.2) is 0 Å². The Hall–Kier alpha value is -1.02. The first kappa shape index (κ1) is 11.5. The van der Waals surface area contributed by atoms with E-state index in [1.54, 1.807) is 0 Å². The van der Waals surface area contributed by atoms with Gasteiger partial charge in [-0.1, -0.05) is 26.0 Å². The van der Waals surface area contributed by atoms with Crippen LogP contribution in [0, 0.1) is 5.92 Å². The normalized spacial score (nSPS) is 21.1. The second-order valence-corrected chi connectivity index (χ2v) is 5.07. The summed E-state index contributed by atoms with van der Waals surface area (Å²) >= 11 is 0. The van der Waals surface area contributed by atoms with Gasteiger partial charge in [-0.05, 0) is 43.0 Å². The molecule has 2 heteroatoms. The van der Waals surface area contributed by atoms with Crippen molar-refractivity contribution in [3.8, 4) is 0 Å². The summed E-state index contributed by atoms with van der Waals surface area (Å²) in [6.07, 6.45) is 2.49. The number of nitrogens with two attached hydrogens (primary N) is 1. The molecule has 1 aromatic carbocycles. The highest BCUT2D eigenvalue weighted by atomic mass is 15.2. The van der Waals surface area contributed by atoms with Crippen LogP contribution in [-0.4, -0.2) is 24.0 Å². The SMILES string of the molecule is C[C](C)CN1CC[C@@H]1Cc1ccc(N)cc1. The van der Waals surface area contributed by atoms with E-state index in [4.69, 9.17) is 5.73 Å². The smallest absolute Gasteiger partial charge is 0.0314 e. The maximum absolute atomic E-state index is 5.68. The molecule has 1 fully saturated rings. The van der Waals surface area contributed by atoms with Crippen molar-refractivity contribution in [1.29, 1.82) is 0 Å². The Morgan fingerprint density at radius 3 is 2.50 bits per heavy atom. The molecule has 2 N–H and O–H groups in total. The first-order chi connectivity index (χ1) is 7.65. The number of hydrogen-bond donors (Lipinski definition) is 1. The minimum Gasteiger partial charge on any atom is -0.399 e. The van der Waals surface area contributed by atoms with E-state index in [1.807, 2.05) is 12.1 Å². The van der Waals surface area contributed by atoms with Gasteiger partial charge in [0.05, 0.1) is 0 Å². The Balaban J connectivity index is 1.88. The maximum atomic E-state index is 5.68. The van der Waals surface area contributed by atoms with Crippen LogP contribution in [0.2, 0.25) is 0 Å². The lowest BCUT2D eigenvalue weighted by Gasteiger charge is -2.42. The number of nitrogen functional groups attached to an aromatic ring is 1. The third kappa shape index (κ3) is 2.76. The van der Waals surface area contributed by atoms with Crippen molar-refractivity contribution in [3.05, 3.63) is 35.7 Å². The van der Waals surface area contributed by atoms with E-state index >= 15 is 0 Å². The Labute approximate surface area is 98.4 Å². The average molecular weight is 217 g/mol. The van der Waals surface area contributed by atoms with Gasteiger partial charge in [-0.15, -0.1) is 0 Å². The molecule has 16 heavy (non-hydrogen) atoms. The van der Waals surface area contributed by atoms with Crippen LogP contribution in [0.15, 0.2) is 24.3 Å². The van der Waals surface area contributed by atoms with Crippen molar-refractivity contribution in [2.75, 3.05) is 18.8 Å². The maximum Gasteiger partial charge on any atom is 0.0314 e. The summed E-state index contributed by atoms with van der Waals surface area (Å²) in [4.78, 5) is 2.56. The van der Waals surface area contributed by atoms with Gasteiger partial charge in [0, 0.05) is 18.3 Å². The van der Waals surface area contributed by atoms with Crippen molar-refractivity contribution < 1.29 is 0 Å². The fraction of sp³-hybridized carbons (Fsp3) is 0.500. The van der Waals surface area contributed by atoms with E-state index < -0.39 is 0 Å². The Morgan fingerprint density at radius 2 is 2.00 bits per heavy atom. The van der Waals surface area contributed by atoms with E-state index in [0.29, 0.717) is 0 Å². The molecule has 0 spiro atoms. The zero-order chi connectivity index (χ0) is 11.5. The largest absolute Gasteiger partial charge is 0.399 e. The summed E-state index contributed by atoms with van der Waals surface area (Å²) in [5, 5.41) is 0. The summed E-state index contributed by atoms with van der Waals surface area (Å²) in [5.74, 6) is 1.50. The number of hydrogen-bond acceptors (Lipinski definition) is 2. The predicted octanol–water partition coefficient (Wildman–Crippen LogP) is 2.50. The lowest BCUT2D eigenvalue weighted by atomic mass is 9.94. The summed E-state index contributed by atoms with van der Waals surface area (Å²) < 4.78 is 0. The molecule has 1 saturated heterocycles. The fourth-order valence-corrected chi connectivity index (χ4v) is 2.27. The molecule has 0 aliphatic carbocycles. The molecule has 1 aromatic rings. The van der Waals surface area contributed by atoms with Crippen LogP contribution in [0.3, 0.4) is 0 Å². The van der Waals surface area contributed by atoms with Crippen molar-refractivity contribution in [3.63, 3.8) is 0 Å². The molecule has 87 valence electrons. The first-order valence-electron chi connectivity index (χ1n) is 6.02. The molecule has 2 nitrogen and oxygen atoms in total. The second kappa shape index (κ2) is 4.88. The van der Waals surface area contributed by atoms with Crippen LogP contribution in [-0.2, 0) is 6.42 Å². The van der Waals surface area contributed by atoms with Crippen molar-refractivity contribution in [2.45, 2.75) is 32.7 Å². The number of nitrogens with zero attached hydrogens (tertiary/aromatic N) is 1. The third-order valence-corrected chi connectivity index (χ3v) is 3.24. The van der Waals surface area contributed by atoms with Crippen LogP contribution in [0.5, 0.6) is 0 Å². The molecule has 1 aliphatic rings. The van der Waals surface area contributed by atoms with E-state index in [0.717, 1.165) is 24.7 Å². The van der Waals surface area contributed by atoms with Gasteiger partial charge < -0.3 is 5.73 Å². The summed E-state index contributed by atoms with van der Waals surface area (Å²) in [6.45, 7) is 6.82. The fourth-order valence-electron chi connectivity index (χ4n) is 2.27. The van der Waals surface area contributed by atoms with Gasteiger partial charge in [-0.3, -0.25) is 4.90 Å². The summed E-state index contributed by atoms with van der Waals surface area (Å²) in [7, 11) is 0. The van der Waals surface area contributed by atoms with Crippen molar-refractivity contribution in [2.24, 2.45) is 0 Å². The molecule has 1 radical (unpaired) electrons. The van der Waals surface area contributed by atoms with E-state index in [2.05, 4.69) is 30.9 Å². The lowest BCUT2D eigenvalue weighted by Crippen LogP contribution is -2.49. The van der Waals surface area contributed by atoms with Gasteiger partial charge in [-0.2, -0.15) is 0 Å². The Morgan fingerprint density at radius 1 is 1.31 bits per heavy atom. The Bertz CT molecular complexity index is 329. The highest BCUT2D eigenvalue weighted by Crippen LogP contribution is 2.23. The minimum absolute atomic E-state index is 0.735. The first-order valence-corrected chi connectivity index (χ1v) is 6.02. The molecule has 0 aromatic heterocycles. The molecule has 1 aliphatic heterocycles. The summed E-state index contributed by atoms with van der Waals surface area (Å²) in [6, 6.07) is 9.02. The molecular formula is C14H21N2. The van der Waals surface area contributed by atoms with E-state index in [9.17, 15) is 0 Å². The topological polar surface area (TPSA) is 29.3 Å². The zero-order valence-electron chi connectivity index (χ0n) is 10.2.